The number of hydrogen-bond donors (Lipinski definition) is 1. The van der Waals surface area contributed by atoms with Crippen molar-refractivity contribution in [2.75, 3.05) is 0 Å². The summed E-state index contributed by atoms with van der Waals surface area (Å²) in [7, 11) is 6.03. The molecule has 0 aromatic rings. The Kier molecular flexibility index (Phi) is 4.28. The lowest BCUT2D eigenvalue weighted by Crippen LogP contribution is -2.36. The molecule has 2 radical (unpaired) electrons. The summed E-state index contributed by atoms with van der Waals surface area (Å²) in [5, 5.41) is 3.30. The Morgan fingerprint density at radius 1 is 1.38 bits per heavy atom. The molecule has 1 nitrogen and oxygen atoms in total. The average Bonchev–Trinajstić information content (AvgIpc) is 2.66. The Hall–Kier alpha value is -0.235. The van der Waals surface area contributed by atoms with Crippen molar-refractivity contribution >= 4 is 7.85 Å². The maximum atomic E-state index is 6.03. The van der Waals surface area contributed by atoms with Gasteiger partial charge < -0.3 is 5.32 Å². The van der Waals surface area contributed by atoms with E-state index in [4.69, 9.17) is 7.85 Å². The molecule has 3 atom stereocenters. The molecule has 1 N–H and O–H groups in total. The van der Waals surface area contributed by atoms with Crippen molar-refractivity contribution in [3.63, 3.8) is 0 Å². The first-order valence-electron chi connectivity index (χ1n) is 6.48. The highest BCUT2D eigenvalue weighted by Crippen LogP contribution is 2.60. The van der Waals surface area contributed by atoms with Gasteiger partial charge in [-0.15, -0.1) is 0 Å². The molecule has 1 aliphatic carbocycles. The van der Waals surface area contributed by atoms with Crippen molar-refractivity contribution in [1.82, 2.24) is 5.32 Å². The third-order valence-electron chi connectivity index (χ3n) is 4.66. The van der Waals surface area contributed by atoms with Gasteiger partial charge >= 0.3 is 0 Å². The van der Waals surface area contributed by atoms with Gasteiger partial charge in [0.15, 0.2) is 0 Å². The molecule has 1 aliphatic rings. The van der Waals surface area contributed by atoms with Crippen LogP contribution < -0.4 is 5.32 Å². The van der Waals surface area contributed by atoms with Crippen molar-refractivity contribution in [1.29, 1.82) is 0 Å². The summed E-state index contributed by atoms with van der Waals surface area (Å²) in [5.74, 6) is 1.66. The topological polar surface area (TPSA) is 12.0 Å². The summed E-state index contributed by atoms with van der Waals surface area (Å²) in [5.41, 5.74) is 1.67. The Balaban J connectivity index is 2.31. The summed E-state index contributed by atoms with van der Waals surface area (Å²) >= 11 is 0. The Morgan fingerprint density at radius 2 is 1.88 bits per heavy atom. The van der Waals surface area contributed by atoms with Crippen LogP contribution in [0.25, 0.3) is 0 Å². The third-order valence-corrected chi connectivity index (χ3v) is 4.66. The van der Waals surface area contributed by atoms with Crippen LogP contribution in [-0.2, 0) is 0 Å². The van der Waals surface area contributed by atoms with Gasteiger partial charge in [0, 0.05) is 6.04 Å². The van der Waals surface area contributed by atoms with Crippen LogP contribution >= 0.6 is 0 Å². The monoisotopic (exact) mass is 219 g/mol. The molecule has 0 bridgehead atoms. The van der Waals surface area contributed by atoms with Crippen LogP contribution in [0.15, 0.2) is 12.2 Å². The largest absolute Gasteiger partial charge is 0.316 e. The van der Waals surface area contributed by atoms with Crippen LogP contribution in [0.3, 0.4) is 0 Å². The van der Waals surface area contributed by atoms with E-state index in [0.717, 1.165) is 23.8 Å². The number of nitrogens with one attached hydrogen (secondary N) is 1. The van der Waals surface area contributed by atoms with E-state index in [2.05, 4.69) is 46.5 Å². The molecular formula is C14H26BN. The predicted molar refractivity (Wildman–Crippen MR) is 72.6 cm³/mol. The molecule has 0 amide bonds. The Morgan fingerprint density at radius 3 is 2.25 bits per heavy atom. The van der Waals surface area contributed by atoms with E-state index in [9.17, 15) is 0 Å². The molecule has 1 fully saturated rings. The van der Waals surface area contributed by atoms with E-state index in [1.54, 1.807) is 0 Å². The maximum Gasteiger partial charge on any atom is 0.0967 e. The van der Waals surface area contributed by atoms with Gasteiger partial charge in [0.2, 0.25) is 0 Å². The first-order chi connectivity index (χ1) is 7.29. The van der Waals surface area contributed by atoms with Crippen LogP contribution in [0.5, 0.6) is 0 Å². The van der Waals surface area contributed by atoms with Gasteiger partial charge in [0.25, 0.3) is 0 Å². The van der Waals surface area contributed by atoms with Crippen molar-refractivity contribution in [2.24, 2.45) is 17.3 Å². The fourth-order valence-electron chi connectivity index (χ4n) is 2.59. The highest BCUT2D eigenvalue weighted by Gasteiger charge is 2.54. The molecule has 0 aliphatic heterocycles. The molecule has 2 heteroatoms. The fourth-order valence-corrected chi connectivity index (χ4v) is 2.59. The minimum Gasteiger partial charge on any atom is -0.316 e. The highest BCUT2D eigenvalue weighted by molar-refractivity contribution is 6.13. The van der Waals surface area contributed by atoms with Crippen LogP contribution in [0.1, 0.15) is 47.5 Å². The maximum absolute atomic E-state index is 6.03. The molecule has 3 unspecified atom stereocenters. The van der Waals surface area contributed by atoms with Crippen molar-refractivity contribution in [3.05, 3.63) is 12.2 Å². The Bertz CT molecular complexity index is 251. The zero-order chi connectivity index (χ0) is 12.5. The van der Waals surface area contributed by atoms with E-state index in [0.29, 0.717) is 11.5 Å². The second-order valence-corrected chi connectivity index (χ2v) is 6.04. The average molecular weight is 219 g/mol. The number of hydrogen-bond acceptors (Lipinski definition) is 1. The Labute approximate surface area is 102 Å². The second-order valence-electron chi connectivity index (χ2n) is 6.04. The van der Waals surface area contributed by atoms with Crippen LogP contribution in [0.4, 0.5) is 0 Å². The standard InChI is InChI=1S/C14H26BN/c1-9(2)16-13(15)10(3)7-8-14(6)11(4)12(14)5/h9,11-13,16H,3,7-8H2,1-2,4-6H3. The molecule has 1 saturated carbocycles. The minimum atomic E-state index is -0.0482. The summed E-state index contributed by atoms with van der Waals surface area (Å²) in [4.78, 5) is 0. The normalized spacial score (nSPS) is 35.1. The molecule has 0 aromatic heterocycles. The van der Waals surface area contributed by atoms with Crippen LogP contribution in [0, 0.1) is 17.3 Å². The quantitative estimate of drug-likeness (QED) is 0.534. The summed E-state index contributed by atoms with van der Waals surface area (Å²) in [6.07, 6.45) is 2.27. The van der Waals surface area contributed by atoms with Crippen molar-refractivity contribution in [2.45, 2.75) is 59.4 Å². The molecule has 16 heavy (non-hydrogen) atoms. The van der Waals surface area contributed by atoms with Crippen molar-refractivity contribution < 1.29 is 0 Å². The van der Waals surface area contributed by atoms with Crippen LogP contribution in [-0.4, -0.2) is 19.8 Å². The van der Waals surface area contributed by atoms with Gasteiger partial charge in [0.1, 0.15) is 0 Å². The first kappa shape index (κ1) is 13.8. The zero-order valence-corrected chi connectivity index (χ0v) is 11.5. The molecule has 0 heterocycles. The zero-order valence-electron chi connectivity index (χ0n) is 11.5. The van der Waals surface area contributed by atoms with E-state index < -0.39 is 0 Å². The molecular weight excluding hydrogens is 193 g/mol. The highest BCUT2D eigenvalue weighted by atomic mass is 14.9. The van der Waals surface area contributed by atoms with Gasteiger partial charge in [-0.3, -0.25) is 0 Å². The summed E-state index contributed by atoms with van der Waals surface area (Å²) in [6, 6.07) is 0.418. The lowest BCUT2D eigenvalue weighted by Gasteiger charge is -2.21. The molecule has 0 aromatic carbocycles. The van der Waals surface area contributed by atoms with E-state index >= 15 is 0 Å². The molecule has 0 saturated heterocycles. The number of rotatable bonds is 6. The first-order valence-corrected chi connectivity index (χ1v) is 6.48. The van der Waals surface area contributed by atoms with Gasteiger partial charge in [-0.2, -0.15) is 0 Å². The van der Waals surface area contributed by atoms with Crippen LogP contribution in [0.2, 0.25) is 0 Å². The summed E-state index contributed by atoms with van der Waals surface area (Å²) in [6.45, 7) is 15.4. The second kappa shape index (κ2) is 4.95. The van der Waals surface area contributed by atoms with Gasteiger partial charge in [-0.05, 0) is 36.0 Å². The van der Waals surface area contributed by atoms with Crippen molar-refractivity contribution in [3.8, 4) is 0 Å². The van der Waals surface area contributed by atoms with E-state index in [1.807, 2.05) is 0 Å². The van der Waals surface area contributed by atoms with Gasteiger partial charge in [-0.25, -0.2) is 0 Å². The SMILES string of the molecule is [B]C(NC(C)C)C(=C)CCC1(C)C(C)C1C. The fraction of sp³-hybridized carbons (Fsp3) is 0.857. The third kappa shape index (κ3) is 2.91. The lowest BCUT2D eigenvalue weighted by molar-refractivity contribution is 0.444. The molecule has 0 spiro atoms. The lowest BCUT2D eigenvalue weighted by atomic mass is 9.84. The van der Waals surface area contributed by atoms with E-state index in [-0.39, 0.29) is 5.94 Å². The predicted octanol–water partition coefficient (Wildman–Crippen LogP) is 3.11. The molecule has 90 valence electrons. The van der Waals surface area contributed by atoms with E-state index in [1.165, 1.54) is 6.42 Å². The van der Waals surface area contributed by atoms with Gasteiger partial charge in [-0.1, -0.05) is 46.8 Å². The smallest absolute Gasteiger partial charge is 0.0967 e. The molecule has 1 rings (SSSR count). The summed E-state index contributed by atoms with van der Waals surface area (Å²) < 4.78 is 0. The van der Waals surface area contributed by atoms with Gasteiger partial charge in [0.05, 0.1) is 7.85 Å². The minimum absolute atomic E-state index is 0.0482.